The van der Waals surface area contributed by atoms with Crippen LogP contribution in [0.4, 0.5) is 0 Å². The Kier molecular flexibility index (Phi) is 3.38. The Balaban J connectivity index is 1.94. The molecule has 1 atom stereocenters. The minimum absolute atomic E-state index is 0.651. The first-order valence-corrected chi connectivity index (χ1v) is 5.72. The standard InChI is InChI=1S/C11H20N4/c1-3-12-7-11-13-6-10(14-11)9-4-5-15(2)8-9/h6,9,12H,3-5,7-8H2,1-2H3,(H,13,14). The summed E-state index contributed by atoms with van der Waals surface area (Å²) in [6.07, 6.45) is 3.25. The highest BCUT2D eigenvalue weighted by molar-refractivity contribution is 5.10. The zero-order chi connectivity index (χ0) is 10.7. The van der Waals surface area contributed by atoms with E-state index in [1.807, 2.05) is 6.20 Å². The third-order valence-electron chi connectivity index (χ3n) is 3.02. The Hall–Kier alpha value is -0.870. The van der Waals surface area contributed by atoms with Crippen molar-refractivity contribution >= 4 is 0 Å². The molecule has 1 aromatic rings. The van der Waals surface area contributed by atoms with Crippen LogP contribution in [0.3, 0.4) is 0 Å². The maximum absolute atomic E-state index is 4.39. The number of rotatable bonds is 4. The number of likely N-dealkylation sites (tertiary alicyclic amines) is 1. The van der Waals surface area contributed by atoms with E-state index in [2.05, 4.69) is 34.2 Å². The molecule has 0 aliphatic carbocycles. The summed E-state index contributed by atoms with van der Waals surface area (Å²) in [4.78, 5) is 10.2. The molecule has 0 spiro atoms. The van der Waals surface area contributed by atoms with Crippen LogP contribution in [-0.2, 0) is 6.54 Å². The second kappa shape index (κ2) is 4.77. The summed E-state index contributed by atoms with van der Waals surface area (Å²) in [7, 11) is 2.18. The summed E-state index contributed by atoms with van der Waals surface area (Å²) in [5, 5.41) is 3.27. The lowest BCUT2D eigenvalue weighted by molar-refractivity contribution is 0.411. The van der Waals surface area contributed by atoms with Gasteiger partial charge in [0, 0.05) is 24.4 Å². The first-order valence-electron chi connectivity index (χ1n) is 5.72. The summed E-state index contributed by atoms with van der Waals surface area (Å²) in [5.41, 5.74) is 1.30. The first-order chi connectivity index (χ1) is 7.29. The van der Waals surface area contributed by atoms with Crippen LogP contribution < -0.4 is 5.32 Å². The molecule has 1 aliphatic heterocycles. The Morgan fingerprint density at radius 3 is 3.20 bits per heavy atom. The van der Waals surface area contributed by atoms with Gasteiger partial charge in [-0.05, 0) is 26.6 Å². The Labute approximate surface area is 91.1 Å². The van der Waals surface area contributed by atoms with Crippen molar-refractivity contribution in [2.45, 2.75) is 25.8 Å². The van der Waals surface area contributed by atoms with Gasteiger partial charge in [0.05, 0.1) is 6.54 Å². The van der Waals surface area contributed by atoms with Crippen LogP contribution in [-0.4, -0.2) is 41.5 Å². The van der Waals surface area contributed by atoms with E-state index in [-0.39, 0.29) is 0 Å². The van der Waals surface area contributed by atoms with Gasteiger partial charge in [0.2, 0.25) is 0 Å². The molecule has 1 fully saturated rings. The molecular formula is C11H20N4. The lowest BCUT2D eigenvalue weighted by Crippen LogP contribution is -2.14. The third-order valence-corrected chi connectivity index (χ3v) is 3.02. The van der Waals surface area contributed by atoms with Crippen molar-refractivity contribution in [1.82, 2.24) is 20.2 Å². The van der Waals surface area contributed by atoms with Gasteiger partial charge in [0.15, 0.2) is 0 Å². The van der Waals surface area contributed by atoms with Gasteiger partial charge in [-0.2, -0.15) is 0 Å². The van der Waals surface area contributed by atoms with Crippen LogP contribution >= 0.6 is 0 Å². The number of nitrogens with zero attached hydrogens (tertiary/aromatic N) is 2. The Bertz CT molecular complexity index is 307. The van der Waals surface area contributed by atoms with Crippen molar-refractivity contribution in [3.05, 3.63) is 17.7 Å². The SMILES string of the molecule is CCNCc1ncc(C2CCN(C)C2)[nH]1. The number of H-pyrrole nitrogens is 1. The summed E-state index contributed by atoms with van der Waals surface area (Å²) in [5.74, 6) is 1.71. The zero-order valence-corrected chi connectivity index (χ0v) is 9.58. The molecule has 2 rings (SSSR count). The number of aromatic nitrogens is 2. The number of likely N-dealkylation sites (N-methyl/N-ethyl adjacent to an activating group) is 1. The van der Waals surface area contributed by atoms with Gasteiger partial charge in [-0.3, -0.25) is 0 Å². The normalized spacial score (nSPS) is 22.4. The molecule has 2 heterocycles. The van der Waals surface area contributed by atoms with Crippen LogP contribution in [0.2, 0.25) is 0 Å². The van der Waals surface area contributed by atoms with E-state index in [9.17, 15) is 0 Å². The number of hydrogen-bond acceptors (Lipinski definition) is 3. The van der Waals surface area contributed by atoms with Crippen molar-refractivity contribution in [3.8, 4) is 0 Å². The number of nitrogens with one attached hydrogen (secondary N) is 2. The Morgan fingerprint density at radius 2 is 2.53 bits per heavy atom. The fraction of sp³-hybridized carbons (Fsp3) is 0.727. The second-order valence-corrected chi connectivity index (χ2v) is 4.31. The molecule has 2 N–H and O–H groups in total. The quantitative estimate of drug-likeness (QED) is 0.774. The second-order valence-electron chi connectivity index (χ2n) is 4.31. The summed E-state index contributed by atoms with van der Waals surface area (Å²) in [6.45, 7) is 6.30. The minimum atomic E-state index is 0.651. The van der Waals surface area contributed by atoms with Crippen LogP contribution in [0.5, 0.6) is 0 Å². The summed E-state index contributed by atoms with van der Waals surface area (Å²) < 4.78 is 0. The van der Waals surface area contributed by atoms with Gasteiger partial charge < -0.3 is 15.2 Å². The Morgan fingerprint density at radius 1 is 1.67 bits per heavy atom. The van der Waals surface area contributed by atoms with Crippen LogP contribution in [0, 0.1) is 0 Å². The average Bonchev–Trinajstić information content (AvgIpc) is 2.83. The van der Waals surface area contributed by atoms with Crippen molar-refractivity contribution in [2.75, 3.05) is 26.7 Å². The molecular weight excluding hydrogens is 188 g/mol. The van der Waals surface area contributed by atoms with Gasteiger partial charge in [-0.1, -0.05) is 6.92 Å². The third kappa shape index (κ3) is 2.58. The number of imidazole rings is 1. The molecule has 84 valence electrons. The molecule has 0 radical (unpaired) electrons. The smallest absolute Gasteiger partial charge is 0.120 e. The lowest BCUT2D eigenvalue weighted by atomic mass is 10.1. The van der Waals surface area contributed by atoms with Crippen LogP contribution in [0.1, 0.15) is 30.8 Å². The predicted molar refractivity (Wildman–Crippen MR) is 60.8 cm³/mol. The molecule has 0 bridgehead atoms. The molecule has 4 nitrogen and oxygen atoms in total. The largest absolute Gasteiger partial charge is 0.345 e. The van der Waals surface area contributed by atoms with E-state index in [1.54, 1.807) is 0 Å². The predicted octanol–water partition coefficient (Wildman–Crippen LogP) is 0.938. The van der Waals surface area contributed by atoms with Crippen molar-refractivity contribution in [1.29, 1.82) is 0 Å². The van der Waals surface area contributed by atoms with Gasteiger partial charge in [-0.25, -0.2) is 4.98 Å². The molecule has 4 heteroatoms. The monoisotopic (exact) mass is 208 g/mol. The molecule has 0 saturated carbocycles. The van der Waals surface area contributed by atoms with Gasteiger partial charge in [-0.15, -0.1) is 0 Å². The van der Waals surface area contributed by atoms with Crippen molar-refractivity contribution in [3.63, 3.8) is 0 Å². The van der Waals surface area contributed by atoms with Crippen LogP contribution in [0.25, 0.3) is 0 Å². The van der Waals surface area contributed by atoms with Gasteiger partial charge in [0.1, 0.15) is 5.82 Å². The van der Waals surface area contributed by atoms with E-state index in [1.165, 1.54) is 18.7 Å². The zero-order valence-electron chi connectivity index (χ0n) is 9.58. The molecule has 1 aliphatic rings. The van der Waals surface area contributed by atoms with Gasteiger partial charge in [0.25, 0.3) is 0 Å². The van der Waals surface area contributed by atoms with E-state index in [0.29, 0.717) is 5.92 Å². The highest BCUT2D eigenvalue weighted by atomic mass is 15.1. The first kappa shape index (κ1) is 10.6. The lowest BCUT2D eigenvalue weighted by Gasteiger charge is -2.07. The average molecular weight is 208 g/mol. The van der Waals surface area contributed by atoms with E-state index < -0.39 is 0 Å². The maximum Gasteiger partial charge on any atom is 0.120 e. The van der Waals surface area contributed by atoms with E-state index in [0.717, 1.165) is 25.5 Å². The minimum Gasteiger partial charge on any atom is -0.345 e. The maximum atomic E-state index is 4.39. The summed E-state index contributed by atoms with van der Waals surface area (Å²) in [6, 6.07) is 0. The highest BCUT2D eigenvalue weighted by Crippen LogP contribution is 2.24. The van der Waals surface area contributed by atoms with Gasteiger partial charge >= 0.3 is 0 Å². The molecule has 0 amide bonds. The number of aromatic amines is 1. The van der Waals surface area contributed by atoms with Crippen molar-refractivity contribution in [2.24, 2.45) is 0 Å². The number of hydrogen-bond donors (Lipinski definition) is 2. The van der Waals surface area contributed by atoms with Crippen molar-refractivity contribution < 1.29 is 0 Å². The molecule has 1 aromatic heterocycles. The highest BCUT2D eigenvalue weighted by Gasteiger charge is 2.22. The topological polar surface area (TPSA) is 44.0 Å². The molecule has 15 heavy (non-hydrogen) atoms. The summed E-state index contributed by atoms with van der Waals surface area (Å²) >= 11 is 0. The molecule has 0 aromatic carbocycles. The fourth-order valence-corrected chi connectivity index (χ4v) is 2.11. The fourth-order valence-electron chi connectivity index (χ4n) is 2.11. The molecule has 1 saturated heterocycles. The molecule has 1 unspecified atom stereocenters. The van der Waals surface area contributed by atoms with E-state index >= 15 is 0 Å². The van der Waals surface area contributed by atoms with Crippen LogP contribution in [0.15, 0.2) is 6.20 Å². The van der Waals surface area contributed by atoms with E-state index in [4.69, 9.17) is 0 Å².